The molecule has 0 radical (unpaired) electrons. The molecular formula is C10H10N4OS. The van der Waals surface area contributed by atoms with Gasteiger partial charge < -0.3 is 11.5 Å². The molecule has 82 valence electrons. The van der Waals surface area contributed by atoms with E-state index in [0.29, 0.717) is 17.8 Å². The smallest absolute Gasteiger partial charge is 0.252 e. The van der Waals surface area contributed by atoms with E-state index in [9.17, 15) is 4.79 Å². The minimum Gasteiger partial charge on any atom is -0.396 e. The first-order chi connectivity index (χ1) is 7.68. The zero-order chi connectivity index (χ0) is 11.5. The van der Waals surface area contributed by atoms with E-state index in [1.54, 1.807) is 11.3 Å². The maximum absolute atomic E-state index is 11.1. The van der Waals surface area contributed by atoms with Gasteiger partial charge in [-0.2, -0.15) is 10.2 Å². The van der Waals surface area contributed by atoms with Gasteiger partial charge in [-0.3, -0.25) is 4.79 Å². The minimum absolute atomic E-state index is 0.224. The van der Waals surface area contributed by atoms with Gasteiger partial charge in [0.05, 0.1) is 23.1 Å². The zero-order valence-corrected chi connectivity index (χ0v) is 9.20. The molecule has 4 N–H and O–H groups in total. The van der Waals surface area contributed by atoms with Crippen molar-refractivity contribution in [3.8, 4) is 0 Å². The van der Waals surface area contributed by atoms with Crippen molar-refractivity contribution >= 4 is 22.9 Å². The lowest BCUT2D eigenvalue weighted by Crippen LogP contribution is -2.16. The Balaban J connectivity index is 2.35. The van der Waals surface area contributed by atoms with Crippen molar-refractivity contribution in [2.45, 2.75) is 6.42 Å². The summed E-state index contributed by atoms with van der Waals surface area (Å²) in [6, 6.07) is 3.92. The van der Waals surface area contributed by atoms with Crippen molar-refractivity contribution in [2.24, 2.45) is 5.73 Å². The molecule has 0 saturated heterocycles. The number of primary amides is 1. The van der Waals surface area contributed by atoms with E-state index in [4.69, 9.17) is 11.5 Å². The molecule has 0 unspecified atom stereocenters. The Kier molecular flexibility index (Phi) is 2.82. The summed E-state index contributed by atoms with van der Waals surface area (Å²) in [5, 5.41) is 9.61. The summed E-state index contributed by atoms with van der Waals surface area (Å²) in [6.07, 6.45) is 1.85. The highest BCUT2D eigenvalue weighted by atomic mass is 32.1. The summed E-state index contributed by atoms with van der Waals surface area (Å²) in [5.74, 6) is -0.583. The molecule has 0 atom stereocenters. The van der Waals surface area contributed by atoms with Gasteiger partial charge in [-0.25, -0.2) is 0 Å². The summed E-state index contributed by atoms with van der Waals surface area (Å²) in [5.41, 5.74) is 12.1. The molecule has 1 amide bonds. The van der Waals surface area contributed by atoms with E-state index in [-0.39, 0.29) is 5.56 Å². The fourth-order valence-corrected chi connectivity index (χ4v) is 2.05. The van der Waals surface area contributed by atoms with Gasteiger partial charge in [-0.15, -0.1) is 11.3 Å². The highest BCUT2D eigenvalue weighted by Crippen LogP contribution is 2.19. The number of hydrogen-bond acceptors (Lipinski definition) is 5. The van der Waals surface area contributed by atoms with Crippen LogP contribution in [0.25, 0.3) is 0 Å². The molecule has 2 aromatic rings. The number of nitrogen functional groups attached to an aromatic ring is 1. The van der Waals surface area contributed by atoms with Crippen LogP contribution in [-0.2, 0) is 6.42 Å². The van der Waals surface area contributed by atoms with E-state index < -0.39 is 5.91 Å². The number of aromatic nitrogens is 2. The van der Waals surface area contributed by atoms with Crippen LogP contribution in [0.4, 0.5) is 5.69 Å². The SMILES string of the molecule is NC(=O)c1cnnc(Cc2cccs2)c1N. The van der Waals surface area contributed by atoms with Crippen molar-refractivity contribution in [2.75, 3.05) is 5.73 Å². The molecule has 0 spiro atoms. The molecule has 0 saturated carbocycles. The standard InChI is InChI=1S/C10H10N4OS/c11-9-7(10(12)15)5-13-14-8(9)4-6-2-1-3-16-6/h1-3,5H,4H2,(H2,11,13)(H2,12,15). The van der Waals surface area contributed by atoms with Crippen molar-refractivity contribution < 1.29 is 4.79 Å². The molecule has 0 aliphatic carbocycles. The first-order valence-electron chi connectivity index (χ1n) is 4.60. The summed E-state index contributed by atoms with van der Waals surface area (Å²) in [7, 11) is 0. The van der Waals surface area contributed by atoms with E-state index in [2.05, 4.69) is 10.2 Å². The Morgan fingerprint density at radius 2 is 2.31 bits per heavy atom. The van der Waals surface area contributed by atoms with Gasteiger partial charge in [-0.1, -0.05) is 6.07 Å². The third kappa shape index (κ3) is 2.01. The molecule has 2 rings (SSSR count). The van der Waals surface area contributed by atoms with Crippen LogP contribution in [0.2, 0.25) is 0 Å². The molecule has 16 heavy (non-hydrogen) atoms. The number of amides is 1. The molecule has 0 fully saturated rings. The number of nitrogens with zero attached hydrogens (tertiary/aromatic N) is 2. The Morgan fingerprint density at radius 1 is 1.50 bits per heavy atom. The quantitative estimate of drug-likeness (QED) is 0.821. The van der Waals surface area contributed by atoms with Crippen molar-refractivity contribution in [1.82, 2.24) is 10.2 Å². The lowest BCUT2D eigenvalue weighted by atomic mass is 10.1. The number of carbonyl (C=O) groups excluding carboxylic acids is 1. The normalized spacial score (nSPS) is 10.2. The van der Waals surface area contributed by atoms with Crippen molar-refractivity contribution in [1.29, 1.82) is 0 Å². The number of rotatable bonds is 3. The molecule has 0 bridgehead atoms. The average molecular weight is 234 g/mol. The minimum atomic E-state index is -0.583. The second kappa shape index (κ2) is 4.28. The predicted molar refractivity (Wildman–Crippen MR) is 62.1 cm³/mol. The van der Waals surface area contributed by atoms with Crippen molar-refractivity contribution in [3.05, 3.63) is 39.8 Å². The van der Waals surface area contributed by atoms with Gasteiger partial charge in [0.1, 0.15) is 0 Å². The van der Waals surface area contributed by atoms with E-state index in [1.807, 2.05) is 17.5 Å². The molecular weight excluding hydrogens is 224 g/mol. The van der Waals surface area contributed by atoms with E-state index in [1.165, 1.54) is 6.20 Å². The molecule has 0 aromatic carbocycles. The second-order valence-electron chi connectivity index (χ2n) is 3.24. The van der Waals surface area contributed by atoms with Crippen LogP contribution < -0.4 is 11.5 Å². The maximum Gasteiger partial charge on any atom is 0.252 e. The summed E-state index contributed by atoms with van der Waals surface area (Å²) >= 11 is 1.60. The number of nitrogens with two attached hydrogens (primary N) is 2. The van der Waals surface area contributed by atoms with Crippen LogP contribution in [0.5, 0.6) is 0 Å². The monoisotopic (exact) mass is 234 g/mol. The first kappa shape index (κ1) is 10.6. The average Bonchev–Trinajstić information content (AvgIpc) is 2.73. The highest BCUT2D eigenvalue weighted by molar-refractivity contribution is 7.09. The number of hydrogen-bond donors (Lipinski definition) is 2. The van der Waals surface area contributed by atoms with Gasteiger partial charge >= 0.3 is 0 Å². The van der Waals surface area contributed by atoms with E-state index >= 15 is 0 Å². The zero-order valence-electron chi connectivity index (χ0n) is 8.38. The molecule has 5 nitrogen and oxygen atoms in total. The van der Waals surface area contributed by atoms with Gasteiger partial charge in [-0.05, 0) is 11.4 Å². The number of thiophene rings is 1. The Bertz CT molecular complexity index is 510. The lowest BCUT2D eigenvalue weighted by Gasteiger charge is -2.05. The van der Waals surface area contributed by atoms with Crippen molar-refractivity contribution in [3.63, 3.8) is 0 Å². The summed E-state index contributed by atoms with van der Waals surface area (Å²) < 4.78 is 0. The fourth-order valence-electron chi connectivity index (χ4n) is 1.34. The van der Waals surface area contributed by atoms with Gasteiger partial charge in [0.2, 0.25) is 0 Å². The van der Waals surface area contributed by atoms with Crippen LogP contribution in [0, 0.1) is 0 Å². The van der Waals surface area contributed by atoms with Gasteiger partial charge in [0.15, 0.2) is 0 Å². The van der Waals surface area contributed by atoms with Crippen LogP contribution in [-0.4, -0.2) is 16.1 Å². The summed E-state index contributed by atoms with van der Waals surface area (Å²) in [4.78, 5) is 12.2. The van der Waals surface area contributed by atoms with Gasteiger partial charge in [0.25, 0.3) is 5.91 Å². The largest absolute Gasteiger partial charge is 0.396 e. The number of anilines is 1. The van der Waals surface area contributed by atoms with Crippen LogP contribution >= 0.6 is 11.3 Å². The summed E-state index contributed by atoms with van der Waals surface area (Å²) in [6.45, 7) is 0. The Labute approximate surface area is 96.1 Å². The lowest BCUT2D eigenvalue weighted by molar-refractivity contribution is 0.100. The van der Waals surface area contributed by atoms with Gasteiger partial charge in [0, 0.05) is 11.3 Å². The molecule has 0 aliphatic rings. The maximum atomic E-state index is 11.1. The third-order valence-electron chi connectivity index (χ3n) is 2.15. The van der Waals surface area contributed by atoms with E-state index in [0.717, 1.165) is 4.88 Å². The highest BCUT2D eigenvalue weighted by Gasteiger charge is 2.12. The van der Waals surface area contributed by atoms with Crippen LogP contribution in [0.3, 0.4) is 0 Å². The number of carbonyl (C=O) groups is 1. The fraction of sp³-hybridized carbons (Fsp3) is 0.100. The molecule has 2 heterocycles. The van der Waals surface area contributed by atoms with Crippen LogP contribution in [0.1, 0.15) is 20.9 Å². The Hall–Kier alpha value is -1.95. The molecule has 6 heteroatoms. The Morgan fingerprint density at radius 3 is 2.94 bits per heavy atom. The van der Waals surface area contributed by atoms with Crippen LogP contribution in [0.15, 0.2) is 23.7 Å². The predicted octanol–water partition coefficient (Wildman–Crippen LogP) is 0.810. The molecule has 0 aliphatic heterocycles. The first-order valence-corrected chi connectivity index (χ1v) is 5.48. The molecule has 2 aromatic heterocycles. The third-order valence-corrected chi connectivity index (χ3v) is 3.03. The second-order valence-corrected chi connectivity index (χ2v) is 4.27. The topological polar surface area (TPSA) is 94.9 Å².